The van der Waals surface area contributed by atoms with Crippen LogP contribution in [-0.2, 0) is 9.47 Å². The first kappa shape index (κ1) is 25.1. The SMILES string of the molecule is CCCOC(=O)c1cc(-c2ccccc2)nc2cc3nc(-c4ccccc4)cc(C(=O)OCCC)c3cc12. The number of nitrogens with zero attached hydrogens (tertiary/aromatic N) is 2. The van der Waals surface area contributed by atoms with Crippen LogP contribution in [0, 0.1) is 0 Å². The maximum atomic E-state index is 13.2. The van der Waals surface area contributed by atoms with Gasteiger partial charge in [0.2, 0.25) is 0 Å². The van der Waals surface area contributed by atoms with E-state index in [9.17, 15) is 9.59 Å². The third-order valence-electron chi connectivity index (χ3n) is 6.19. The maximum absolute atomic E-state index is 13.2. The number of hydrogen-bond acceptors (Lipinski definition) is 6. The van der Waals surface area contributed by atoms with Gasteiger partial charge >= 0.3 is 11.9 Å². The fourth-order valence-corrected chi connectivity index (χ4v) is 4.34. The smallest absolute Gasteiger partial charge is 0.338 e. The van der Waals surface area contributed by atoms with Gasteiger partial charge in [-0.15, -0.1) is 0 Å². The zero-order valence-electron chi connectivity index (χ0n) is 21.4. The lowest BCUT2D eigenvalue weighted by atomic mass is 9.99. The topological polar surface area (TPSA) is 78.4 Å². The lowest BCUT2D eigenvalue weighted by Gasteiger charge is -2.14. The molecule has 0 atom stereocenters. The molecule has 2 aromatic heterocycles. The maximum Gasteiger partial charge on any atom is 0.338 e. The predicted octanol–water partition coefficient (Wildman–Crippen LogP) is 7.25. The van der Waals surface area contributed by atoms with Crippen LogP contribution in [0.25, 0.3) is 44.3 Å². The van der Waals surface area contributed by atoms with Crippen LogP contribution in [0.4, 0.5) is 0 Å². The summed E-state index contributed by atoms with van der Waals surface area (Å²) >= 11 is 0. The van der Waals surface area contributed by atoms with Gasteiger partial charge in [-0.2, -0.15) is 0 Å². The molecular formula is C32H28N2O4. The monoisotopic (exact) mass is 504 g/mol. The summed E-state index contributed by atoms with van der Waals surface area (Å²) in [4.78, 5) is 36.1. The van der Waals surface area contributed by atoms with Crippen molar-refractivity contribution in [1.82, 2.24) is 9.97 Å². The minimum atomic E-state index is -0.431. The van der Waals surface area contributed by atoms with E-state index in [-0.39, 0.29) is 0 Å². The molecular weight excluding hydrogens is 476 g/mol. The Bertz CT molecular complexity index is 1500. The molecule has 0 amide bonds. The number of rotatable bonds is 8. The van der Waals surface area contributed by atoms with Gasteiger partial charge in [-0.25, -0.2) is 19.6 Å². The molecule has 6 nitrogen and oxygen atoms in total. The molecule has 38 heavy (non-hydrogen) atoms. The summed E-state index contributed by atoms with van der Waals surface area (Å²) in [6.07, 6.45) is 1.42. The minimum absolute atomic E-state index is 0.313. The molecule has 6 heteroatoms. The Morgan fingerprint density at radius 3 is 1.42 bits per heavy atom. The Hall–Kier alpha value is -4.58. The van der Waals surface area contributed by atoms with E-state index in [4.69, 9.17) is 19.4 Å². The van der Waals surface area contributed by atoms with Crippen LogP contribution in [0.5, 0.6) is 0 Å². The van der Waals surface area contributed by atoms with Gasteiger partial charge in [0.15, 0.2) is 0 Å². The van der Waals surface area contributed by atoms with E-state index in [0.29, 0.717) is 70.4 Å². The highest BCUT2D eigenvalue weighted by Gasteiger charge is 2.20. The van der Waals surface area contributed by atoms with Crippen molar-refractivity contribution in [2.75, 3.05) is 13.2 Å². The molecule has 2 heterocycles. The van der Waals surface area contributed by atoms with Crippen molar-refractivity contribution in [2.45, 2.75) is 26.7 Å². The Kier molecular flexibility index (Phi) is 7.40. The number of esters is 2. The summed E-state index contributed by atoms with van der Waals surface area (Å²) in [5, 5.41) is 1.19. The number of fused-ring (bicyclic) bond motifs is 2. The molecule has 0 unspecified atom stereocenters. The second-order valence-electron chi connectivity index (χ2n) is 9.00. The summed E-state index contributed by atoms with van der Waals surface area (Å²) in [6.45, 7) is 4.52. The van der Waals surface area contributed by atoms with Gasteiger partial charge < -0.3 is 9.47 Å². The van der Waals surface area contributed by atoms with E-state index in [1.165, 1.54) is 0 Å². The van der Waals surface area contributed by atoms with E-state index in [2.05, 4.69) is 0 Å². The van der Waals surface area contributed by atoms with Gasteiger partial charge in [0.25, 0.3) is 0 Å². The van der Waals surface area contributed by atoms with Crippen LogP contribution < -0.4 is 0 Å². The molecule has 0 aliphatic heterocycles. The van der Waals surface area contributed by atoms with Crippen LogP contribution >= 0.6 is 0 Å². The van der Waals surface area contributed by atoms with E-state index in [0.717, 1.165) is 11.1 Å². The van der Waals surface area contributed by atoms with Gasteiger partial charge in [-0.05, 0) is 37.1 Å². The molecule has 0 radical (unpaired) electrons. The van der Waals surface area contributed by atoms with Crippen LogP contribution in [0.2, 0.25) is 0 Å². The Labute approximate surface area is 221 Å². The summed E-state index contributed by atoms with van der Waals surface area (Å²) in [6, 6.07) is 26.5. The van der Waals surface area contributed by atoms with Crippen molar-refractivity contribution in [3.63, 3.8) is 0 Å². The van der Waals surface area contributed by atoms with E-state index < -0.39 is 11.9 Å². The lowest BCUT2D eigenvalue weighted by molar-refractivity contribution is 0.0498. The first-order valence-corrected chi connectivity index (χ1v) is 12.8. The van der Waals surface area contributed by atoms with Gasteiger partial charge in [-0.1, -0.05) is 74.5 Å². The van der Waals surface area contributed by atoms with E-state index >= 15 is 0 Å². The molecule has 0 aliphatic carbocycles. The van der Waals surface area contributed by atoms with Crippen molar-refractivity contribution in [3.8, 4) is 22.5 Å². The highest BCUT2D eigenvalue weighted by atomic mass is 16.5. The number of aromatic nitrogens is 2. The largest absolute Gasteiger partial charge is 0.462 e. The van der Waals surface area contributed by atoms with Gasteiger partial charge in [0.05, 0.1) is 46.8 Å². The Morgan fingerprint density at radius 1 is 0.605 bits per heavy atom. The first-order chi connectivity index (χ1) is 18.6. The van der Waals surface area contributed by atoms with Gasteiger partial charge in [0.1, 0.15) is 0 Å². The van der Waals surface area contributed by atoms with E-state index in [1.807, 2.05) is 80.6 Å². The van der Waals surface area contributed by atoms with Crippen LogP contribution in [0.3, 0.4) is 0 Å². The number of pyridine rings is 2. The number of carbonyl (C=O) groups is 2. The zero-order chi connectivity index (χ0) is 26.5. The summed E-state index contributed by atoms with van der Waals surface area (Å²) < 4.78 is 11.0. The number of ether oxygens (including phenoxy) is 2. The van der Waals surface area contributed by atoms with Crippen molar-refractivity contribution in [2.24, 2.45) is 0 Å². The third-order valence-corrected chi connectivity index (χ3v) is 6.19. The second kappa shape index (κ2) is 11.2. The van der Waals surface area contributed by atoms with Crippen molar-refractivity contribution in [1.29, 1.82) is 0 Å². The Balaban J connectivity index is 1.78. The quantitative estimate of drug-likeness (QED) is 0.164. The highest BCUT2D eigenvalue weighted by molar-refractivity contribution is 6.12. The van der Waals surface area contributed by atoms with Crippen molar-refractivity contribution < 1.29 is 19.1 Å². The molecule has 0 aliphatic rings. The molecule has 190 valence electrons. The Morgan fingerprint density at radius 2 is 1.03 bits per heavy atom. The highest BCUT2D eigenvalue weighted by Crippen LogP contribution is 2.32. The fraction of sp³-hybridized carbons (Fsp3) is 0.188. The number of hydrogen-bond donors (Lipinski definition) is 0. The van der Waals surface area contributed by atoms with Crippen LogP contribution in [-0.4, -0.2) is 35.1 Å². The first-order valence-electron chi connectivity index (χ1n) is 12.8. The molecule has 0 bridgehead atoms. The summed E-state index contributed by atoms with van der Waals surface area (Å²) in [5.41, 5.74) is 5.04. The molecule has 0 N–H and O–H groups in total. The minimum Gasteiger partial charge on any atom is -0.462 e. The second-order valence-corrected chi connectivity index (χ2v) is 9.00. The number of benzene rings is 3. The molecule has 0 spiro atoms. The average Bonchev–Trinajstić information content (AvgIpc) is 2.97. The molecule has 3 aromatic carbocycles. The standard InChI is InChI=1S/C32H28N2O4/c1-3-15-37-31(35)25-18-27(21-11-7-5-8-12-21)33-29-20-30-24(17-23(25)29)26(32(36)38-16-4-2)19-28(34-30)22-13-9-6-10-14-22/h5-14,17-20H,3-4,15-16H2,1-2H3. The lowest BCUT2D eigenvalue weighted by Crippen LogP contribution is -2.09. The van der Waals surface area contributed by atoms with Gasteiger partial charge in [-0.3, -0.25) is 0 Å². The predicted molar refractivity (Wildman–Crippen MR) is 149 cm³/mol. The molecule has 0 saturated carbocycles. The van der Waals surface area contributed by atoms with Crippen LogP contribution in [0.15, 0.2) is 84.9 Å². The molecule has 0 saturated heterocycles. The third kappa shape index (κ3) is 5.11. The van der Waals surface area contributed by atoms with Crippen LogP contribution in [0.1, 0.15) is 47.4 Å². The van der Waals surface area contributed by atoms with Gasteiger partial charge in [0, 0.05) is 21.9 Å². The van der Waals surface area contributed by atoms with E-state index in [1.54, 1.807) is 18.2 Å². The van der Waals surface area contributed by atoms with Crippen molar-refractivity contribution in [3.05, 3.63) is 96.1 Å². The summed E-state index contributed by atoms with van der Waals surface area (Å²) in [7, 11) is 0. The molecule has 0 fully saturated rings. The molecule has 5 rings (SSSR count). The normalized spacial score (nSPS) is 11.0. The van der Waals surface area contributed by atoms with Crippen molar-refractivity contribution >= 4 is 33.7 Å². The number of carbonyl (C=O) groups excluding carboxylic acids is 2. The fourth-order valence-electron chi connectivity index (χ4n) is 4.34. The average molecular weight is 505 g/mol. The zero-order valence-corrected chi connectivity index (χ0v) is 21.4. The summed E-state index contributed by atoms with van der Waals surface area (Å²) in [5.74, 6) is -0.862. The molecule has 5 aromatic rings.